The van der Waals surface area contributed by atoms with Gasteiger partial charge in [0.1, 0.15) is 5.75 Å². The first-order chi connectivity index (χ1) is 15.6. The molecule has 0 bridgehead atoms. The molecule has 0 aromatic heterocycles. The highest BCUT2D eigenvalue weighted by Crippen LogP contribution is 2.51. The molecule has 2 aromatic rings. The lowest BCUT2D eigenvalue weighted by atomic mass is 9.57. The Balaban J connectivity index is 1.47. The minimum atomic E-state index is 0.362. The number of hydrogen-bond acceptors (Lipinski definition) is 3. The van der Waals surface area contributed by atoms with Crippen LogP contribution in [0.2, 0.25) is 0 Å². The van der Waals surface area contributed by atoms with Gasteiger partial charge in [-0.25, -0.2) is 0 Å². The fraction of sp³-hybridized carbons (Fsp3) is 0.586. The molecular weight excluding hydrogens is 392 g/mol. The molecule has 0 unspecified atom stereocenters. The summed E-state index contributed by atoms with van der Waals surface area (Å²) in [7, 11) is 0. The highest BCUT2D eigenvalue weighted by Gasteiger charge is 2.42. The summed E-state index contributed by atoms with van der Waals surface area (Å²) in [5.41, 5.74) is 15.1. The summed E-state index contributed by atoms with van der Waals surface area (Å²) in [5, 5.41) is 0. The van der Waals surface area contributed by atoms with Gasteiger partial charge in [-0.1, -0.05) is 76.8 Å². The van der Waals surface area contributed by atoms with E-state index in [4.69, 9.17) is 16.2 Å². The molecular formula is C29H42N2O. The van der Waals surface area contributed by atoms with Crippen LogP contribution in [0, 0.1) is 11.8 Å². The fourth-order valence-electron chi connectivity index (χ4n) is 6.42. The van der Waals surface area contributed by atoms with Gasteiger partial charge in [0.25, 0.3) is 0 Å². The molecule has 2 aliphatic carbocycles. The summed E-state index contributed by atoms with van der Waals surface area (Å²) in [6.07, 6.45) is 18.1. The average molecular weight is 435 g/mol. The molecule has 0 spiro atoms. The molecule has 0 radical (unpaired) electrons. The first-order valence-electron chi connectivity index (χ1n) is 13.0. The number of unbranched alkanes of at least 4 members (excludes halogenated alkanes) is 2. The molecule has 4 rings (SSSR count). The maximum absolute atomic E-state index is 6.07. The Kier molecular flexibility index (Phi) is 7.65. The zero-order valence-corrected chi connectivity index (χ0v) is 20.0. The molecule has 174 valence electrons. The highest BCUT2D eigenvalue weighted by atomic mass is 16.5. The fourth-order valence-corrected chi connectivity index (χ4v) is 6.42. The van der Waals surface area contributed by atoms with Gasteiger partial charge in [-0.3, -0.25) is 0 Å². The summed E-state index contributed by atoms with van der Waals surface area (Å²) < 4.78 is 6.07. The third-order valence-corrected chi connectivity index (χ3v) is 8.28. The second kappa shape index (κ2) is 10.6. The number of nitrogen functional groups attached to an aromatic ring is 2. The molecule has 0 aliphatic heterocycles. The van der Waals surface area contributed by atoms with Crippen LogP contribution < -0.4 is 16.2 Å². The van der Waals surface area contributed by atoms with Gasteiger partial charge in [-0.05, 0) is 72.8 Å². The number of rotatable bonds is 8. The molecule has 32 heavy (non-hydrogen) atoms. The summed E-state index contributed by atoms with van der Waals surface area (Å²) >= 11 is 0. The molecule has 3 heteroatoms. The van der Waals surface area contributed by atoms with Crippen LogP contribution in [0.4, 0.5) is 11.4 Å². The van der Waals surface area contributed by atoms with Gasteiger partial charge in [0.2, 0.25) is 0 Å². The lowest BCUT2D eigenvalue weighted by molar-refractivity contribution is 0.124. The summed E-state index contributed by atoms with van der Waals surface area (Å²) in [5.74, 6) is 3.27. The lowest BCUT2D eigenvalue weighted by Gasteiger charge is -2.47. The third-order valence-electron chi connectivity index (χ3n) is 8.28. The van der Waals surface area contributed by atoms with Crippen molar-refractivity contribution in [2.45, 2.75) is 95.8 Å². The van der Waals surface area contributed by atoms with Crippen molar-refractivity contribution in [3.63, 3.8) is 0 Å². The van der Waals surface area contributed by atoms with E-state index >= 15 is 0 Å². The molecule has 2 saturated carbocycles. The topological polar surface area (TPSA) is 61.3 Å². The molecule has 0 amide bonds. The van der Waals surface area contributed by atoms with Gasteiger partial charge in [-0.2, -0.15) is 0 Å². The van der Waals surface area contributed by atoms with Crippen molar-refractivity contribution in [3.05, 3.63) is 48.0 Å². The minimum Gasteiger partial charge on any atom is -0.455 e. The number of ether oxygens (including phenoxy) is 1. The van der Waals surface area contributed by atoms with Crippen LogP contribution in [0.5, 0.6) is 11.5 Å². The van der Waals surface area contributed by atoms with Gasteiger partial charge < -0.3 is 16.2 Å². The molecule has 0 heterocycles. The van der Waals surface area contributed by atoms with Crippen LogP contribution in [0.25, 0.3) is 0 Å². The van der Waals surface area contributed by atoms with Crippen LogP contribution >= 0.6 is 0 Å². The Bertz CT molecular complexity index is 846. The Hall–Kier alpha value is -2.16. The van der Waals surface area contributed by atoms with Gasteiger partial charge in [-0.15, -0.1) is 0 Å². The number of benzene rings is 2. The van der Waals surface area contributed by atoms with Crippen molar-refractivity contribution in [1.82, 2.24) is 0 Å². The van der Waals surface area contributed by atoms with Crippen molar-refractivity contribution >= 4 is 11.4 Å². The normalized spacial score (nSPS) is 23.0. The van der Waals surface area contributed by atoms with E-state index in [9.17, 15) is 0 Å². The van der Waals surface area contributed by atoms with Crippen LogP contribution in [-0.2, 0) is 5.41 Å². The molecule has 2 aromatic carbocycles. The first-order valence-corrected chi connectivity index (χ1v) is 13.0. The number of anilines is 2. The SMILES string of the molecule is CCCCCC1CCC(C2(c3ccc(Oc4cc(N)ccc4N)cc3)CCCCC2)CC1. The van der Waals surface area contributed by atoms with E-state index in [1.165, 1.54) is 89.0 Å². The molecule has 4 N–H and O–H groups in total. The largest absolute Gasteiger partial charge is 0.455 e. The Morgan fingerprint density at radius 1 is 0.875 bits per heavy atom. The zero-order chi connectivity index (χ0) is 22.4. The maximum Gasteiger partial charge on any atom is 0.152 e. The van der Waals surface area contributed by atoms with Crippen molar-refractivity contribution in [2.24, 2.45) is 11.8 Å². The predicted molar refractivity (Wildman–Crippen MR) is 136 cm³/mol. The highest BCUT2D eigenvalue weighted by molar-refractivity contribution is 5.60. The van der Waals surface area contributed by atoms with Crippen LogP contribution in [0.3, 0.4) is 0 Å². The quantitative estimate of drug-likeness (QED) is 0.325. The van der Waals surface area contributed by atoms with E-state index in [0.29, 0.717) is 22.5 Å². The smallest absolute Gasteiger partial charge is 0.152 e. The van der Waals surface area contributed by atoms with Crippen LogP contribution in [0.15, 0.2) is 42.5 Å². The van der Waals surface area contributed by atoms with E-state index in [-0.39, 0.29) is 0 Å². The standard InChI is InChI=1S/C29H42N2O/c1-2-3-5-8-22-9-11-23(12-10-22)29(19-6-4-7-20-29)24-13-16-26(17-14-24)32-28-21-25(30)15-18-27(28)31/h13-18,21-23H,2-12,19-20,30-31H2,1H3. The number of hydrogen-bond donors (Lipinski definition) is 2. The number of nitrogens with two attached hydrogens (primary N) is 2. The minimum absolute atomic E-state index is 0.362. The van der Waals surface area contributed by atoms with E-state index in [0.717, 1.165) is 17.6 Å². The van der Waals surface area contributed by atoms with Gasteiger partial charge >= 0.3 is 0 Å². The van der Waals surface area contributed by atoms with E-state index in [1.807, 2.05) is 0 Å². The molecule has 2 fully saturated rings. The Labute approximate surface area is 194 Å². The van der Waals surface area contributed by atoms with E-state index < -0.39 is 0 Å². The maximum atomic E-state index is 6.07. The van der Waals surface area contributed by atoms with E-state index in [2.05, 4.69) is 31.2 Å². The zero-order valence-electron chi connectivity index (χ0n) is 20.0. The summed E-state index contributed by atoms with van der Waals surface area (Å²) in [4.78, 5) is 0. The Morgan fingerprint density at radius 3 is 2.28 bits per heavy atom. The van der Waals surface area contributed by atoms with Gasteiger partial charge in [0.05, 0.1) is 5.69 Å². The first kappa shape index (κ1) is 23.0. The third kappa shape index (κ3) is 5.24. The summed E-state index contributed by atoms with van der Waals surface area (Å²) in [6.45, 7) is 2.31. The van der Waals surface area contributed by atoms with Gasteiger partial charge in [0.15, 0.2) is 5.75 Å². The second-order valence-corrected chi connectivity index (χ2v) is 10.4. The monoisotopic (exact) mass is 434 g/mol. The molecule has 0 saturated heterocycles. The van der Waals surface area contributed by atoms with Gasteiger partial charge in [0, 0.05) is 11.8 Å². The van der Waals surface area contributed by atoms with Crippen LogP contribution in [0.1, 0.15) is 96.0 Å². The molecule has 2 aliphatic rings. The van der Waals surface area contributed by atoms with Crippen molar-refractivity contribution < 1.29 is 4.74 Å². The van der Waals surface area contributed by atoms with Crippen LogP contribution in [-0.4, -0.2) is 0 Å². The molecule has 3 nitrogen and oxygen atoms in total. The average Bonchev–Trinajstić information content (AvgIpc) is 2.83. The summed E-state index contributed by atoms with van der Waals surface area (Å²) in [6, 6.07) is 14.3. The second-order valence-electron chi connectivity index (χ2n) is 10.4. The van der Waals surface area contributed by atoms with Crippen molar-refractivity contribution in [3.8, 4) is 11.5 Å². The van der Waals surface area contributed by atoms with E-state index in [1.54, 1.807) is 18.2 Å². The van der Waals surface area contributed by atoms with Crippen molar-refractivity contribution in [2.75, 3.05) is 11.5 Å². The predicted octanol–water partition coefficient (Wildman–Crippen LogP) is 8.23. The molecule has 0 atom stereocenters. The van der Waals surface area contributed by atoms with Crippen molar-refractivity contribution in [1.29, 1.82) is 0 Å². The lowest BCUT2D eigenvalue weighted by Crippen LogP contribution is -2.39. The Morgan fingerprint density at radius 2 is 1.59 bits per heavy atom.